The van der Waals surface area contributed by atoms with E-state index in [1.165, 1.54) is 13.1 Å². The number of aryl methyl sites for hydroxylation is 4. The summed E-state index contributed by atoms with van der Waals surface area (Å²) < 4.78 is 47.5. The number of hydrogen-bond donors (Lipinski definition) is 1. The molecule has 1 N–H and O–H groups in total. The molecule has 1 aromatic carbocycles. The van der Waals surface area contributed by atoms with E-state index in [9.17, 15) is 14.7 Å². The number of carboxylic acids is 1. The number of fused-ring (bicyclic) bond motifs is 1. The van der Waals surface area contributed by atoms with Crippen molar-refractivity contribution in [2.45, 2.75) is 27.2 Å². The van der Waals surface area contributed by atoms with Gasteiger partial charge in [0.25, 0.3) is 5.56 Å². The van der Waals surface area contributed by atoms with E-state index in [0.29, 0.717) is 33.5 Å². The van der Waals surface area contributed by atoms with Crippen LogP contribution in [0.25, 0.3) is 33.3 Å². The number of hydrogen-bond acceptors (Lipinski definition) is 4. The summed E-state index contributed by atoms with van der Waals surface area (Å²) >= 11 is 0. The number of carbonyl (C=O) groups is 1. The zero-order valence-electron chi connectivity index (χ0n) is 21.0. The lowest BCUT2D eigenvalue weighted by atomic mass is 10.0. The van der Waals surface area contributed by atoms with Gasteiger partial charge in [0.05, 0.1) is 11.1 Å². The van der Waals surface area contributed by atoms with Crippen LogP contribution in [0.15, 0.2) is 45.7 Å². The van der Waals surface area contributed by atoms with Gasteiger partial charge in [-0.1, -0.05) is 24.3 Å². The van der Waals surface area contributed by atoms with E-state index in [0.717, 1.165) is 9.31 Å². The van der Waals surface area contributed by atoms with Crippen molar-refractivity contribution in [1.29, 1.82) is 0 Å². The molecule has 3 heterocycles. The molecule has 4 rings (SSSR count). The highest BCUT2D eigenvalue weighted by Crippen LogP contribution is 2.32. The van der Waals surface area contributed by atoms with Gasteiger partial charge < -0.3 is 14.2 Å². The van der Waals surface area contributed by atoms with Crippen LogP contribution in [0.5, 0.6) is 0 Å². The third-order valence-corrected chi connectivity index (χ3v) is 4.82. The molecular weight excluding hydrogens is 370 g/mol. The molecule has 3 aromatic heterocycles. The molecule has 4 aromatic rings. The quantitative estimate of drug-likeness (QED) is 0.563. The second-order valence-corrected chi connectivity index (χ2v) is 6.73. The highest BCUT2D eigenvalue weighted by Gasteiger charge is 2.19. The number of benzene rings is 1. The third kappa shape index (κ3) is 2.95. The van der Waals surface area contributed by atoms with Gasteiger partial charge in [0.1, 0.15) is 5.76 Å². The summed E-state index contributed by atoms with van der Waals surface area (Å²) in [5.41, 5.74) is 1.05. The van der Waals surface area contributed by atoms with Crippen LogP contribution in [0, 0.1) is 13.8 Å². The van der Waals surface area contributed by atoms with E-state index in [4.69, 9.17) is 11.4 Å². The monoisotopic (exact) mass is 396 g/mol. The van der Waals surface area contributed by atoms with E-state index < -0.39 is 25.0 Å². The van der Waals surface area contributed by atoms with E-state index >= 15 is 0 Å². The summed E-state index contributed by atoms with van der Waals surface area (Å²) in [5.74, 6) is -0.969. The highest BCUT2D eigenvalue weighted by atomic mass is 16.5. The van der Waals surface area contributed by atoms with Crippen LogP contribution < -0.4 is 5.56 Å². The predicted octanol–water partition coefficient (Wildman–Crippen LogP) is 4.00. The van der Waals surface area contributed by atoms with Gasteiger partial charge in [-0.3, -0.25) is 4.79 Å². The van der Waals surface area contributed by atoms with Crippen LogP contribution in [0.4, 0.5) is 0 Å². The maximum atomic E-state index is 12.4. The van der Waals surface area contributed by atoms with E-state index in [1.807, 2.05) is 0 Å². The van der Waals surface area contributed by atoms with Gasteiger partial charge in [-0.2, -0.15) is 4.74 Å². The van der Waals surface area contributed by atoms with Crippen molar-refractivity contribution >= 4 is 16.9 Å². The molecule has 0 saturated heterocycles. The maximum absolute atomic E-state index is 12.4. The average molecular weight is 396 g/mol. The first kappa shape index (κ1) is 13.5. The fraction of sp³-hybridized carbons (Fsp3) is 0.227. The van der Waals surface area contributed by atoms with E-state index in [1.54, 1.807) is 44.2 Å². The first-order valence-corrected chi connectivity index (χ1v) is 8.78. The van der Waals surface area contributed by atoms with Gasteiger partial charge >= 0.3 is 5.97 Å². The van der Waals surface area contributed by atoms with Crippen molar-refractivity contribution in [3.05, 3.63) is 63.9 Å². The molecular formula is C22H21N3O4. The molecule has 0 amide bonds. The van der Waals surface area contributed by atoms with Crippen molar-refractivity contribution in [2.75, 3.05) is 0 Å². The molecule has 0 aliphatic rings. The molecule has 0 aliphatic carbocycles. The second kappa shape index (κ2) is 6.77. The van der Waals surface area contributed by atoms with Gasteiger partial charge in [-0.05, 0) is 44.0 Å². The first-order chi connectivity index (χ1) is 15.7. The second-order valence-electron chi connectivity index (χ2n) is 6.73. The standard InChI is InChI=1S/C22H21N3O4/c1-5-25-17(11-16-10-12(2)23-19(20(16)25)22(27)28)14-6-8-15(9-7-14)18-13(3)29-24(4)21(18)26/h6-11H,5H2,1-4H3,(H,27,28)/i1D3,5D2. The van der Waals surface area contributed by atoms with Gasteiger partial charge in [-0.15, -0.1) is 0 Å². The Labute approximate surface area is 173 Å². The molecule has 0 atom stereocenters. The smallest absolute Gasteiger partial charge is 0.356 e. The van der Waals surface area contributed by atoms with Crippen molar-refractivity contribution in [3.63, 3.8) is 0 Å². The Bertz CT molecular complexity index is 1490. The van der Waals surface area contributed by atoms with Gasteiger partial charge in [-0.25, -0.2) is 9.78 Å². The van der Waals surface area contributed by atoms with Crippen molar-refractivity contribution < 1.29 is 21.3 Å². The number of pyridine rings is 1. The number of aromatic nitrogens is 3. The SMILES string of the molecule is [2H]C([2H])([2H])C([2H])([2H])n1c(-c2ccc(-c3c(C)on(C)c3=O)cc2)cc2cc(C)nc(C(=O)O)c21. The van der Waals surface area contributed by atoms with Crippen LogP contribution in [0.3, 0.4) is 0 Å². The molecule has 29 heavy (non-hydrogen) atoms. The van der Waals surface area contributed by atoms with E-state index in [2.05, 4.69) is 4.98 Å². The molecule has 0 unspecified atom stereocenters. The van der Waals surface area contributed by atoms with Gasteiger partial charge in [0.15, 0.2) is 5.69 Å². The highest BCUT2D eigenvalue weighted by molar-refractivity contribution is 6.02. The average Bonchev–Trinajstić information content (AvgIpc) is 3.23. The Morgan fingerprint density at radius 2 is 1.93 bits per heavy atom. The number of nitrogens with zero attached hydrogens (tertiary/aromatic N) is 3. The summed E-state index contributed by atoms with van der Waals surface area (Å²) in [5, 5.41) is 10.1. The fourth-order valence-corrected chi connectivity index (χ4v) is 3.58. The molecule has 0 bridgehead atoms. The van der Waals surface area contributed by atoms with E-state index in [-0.39, 0.29) is 16.8 Å². The largest absolute Gasteiger partial charge is 0.476 e. The van der Waals surface area contributed by atoms with Gasteiger partial charge in [0.2, 0.25) is 0 Å². The summed E-state index contributed by atoms with van der Waals surface area (Å²) in [6, 6.07) is 9.62. The van der Waals surface area contributed by atoms with Crippen LogP contribution >= 0.6 is 0 Å². The van der Waals surface area contributed by atoms with Crippen LogP contribution in [-0.4, -0.2) is 25.4 Å². The minimum absolute atomic E-state index is 0.127. The molecule has 0 spiro atoms. The minimum Gasteiger partial charge on any atom is -0.476 e. The lowest BCUT2D eigenvalue weighted by Crippen LogP contribution is -2.11. The zero-order chi connectivity index (χ0) is 25.2. The summed E-state index contributed by atoms with van der Waals surface area (Å²) in [6.45, 7) is -2.78. The Hall–Kier alpha value is -3.61. The summed E-state index contributed by atoms with van der Waals surface area (Å²) in [7, 11) is 1.50. The number of carboxylic acid groups (broad SMARTS) is 1. The summed E-state index contributed by atoms with van der Waals surface area (Å²) in [6.07, 6.45) is 0. The van der Waals surface area contributed by atoms with Crippen LogP contribution in [0.1, 0.15) is 35.6 Å². The number of rotatable bonds is 4. The van der Waals surface area contributed by atoms with Crippen LogP contribution in [-0.2, 0) is 13.5 Å². The van der Waals surface area contributed by atoms with Crippen molar-refractivity contribution in [1.82, 2.24) is 14.3 Å². The minimum atomic E-state index is -3.10. The fourth-order valence-electron chi connectivity index (χ4n) is 3.58. The predicted molar refractivity (Wildman–Crippen MR) is 110 cm³/mol. The van der Waals surface area contributed by atoms with Crippen LogP contribution in [0.2, 0.25) is 0 Å². The Kier molecular flexibility index (Phi) is 3.16. The Morgan fingerprint density at radius 1 is 1.24 bits per heavy atom. The van der Waals surface area contributed by atoms with Gasteiger partial charge in [0, 0.05) is 37.2 Å². The zero-order valence-corrected chi connectivity index (χ0v) is 16.0. The first-order valence-electron chi connectivity index (χ1n) is 11.3. The molecule has 0 aliphatic heterocycles. The normalized spacial score (nSPS) is 14.8. The topological polar surface area (TPSA) is 90.3 Å². The maximum Gasteiger partial charge on any atom is 0.356 e. The molecule has 7 nitrogen and oxygen atoms in total. The Morgan fingerprint density at radius 3 is 2.52 bits per heavy atom. The molecule has 148 valence electrons. The number of aromatic carboxylic acids is 1. The van der Waals surface area contributed by atoms with Crippen molar-refractivity contribution in [2.24, 2.45) is 7.05 Å². The Balaban J connectivity index is 2.01. The molecule has 7 heteroatoms. The molecule has 0 radical (unpaired) electrons. The molecule has 0 fully saturated rings. The van der Waals surface area contributed by atoms with Crippen molar-refractivity contribution in [3.8, 4) is 22.4 Å². The molecule has 0 saturated carbocycles. The lowest BCUT2D eigenvalue weighted by molar-refractivity contribution is 0.0692. The summed E-state index contributed by atoms with van der Waals surface area (Å²) in [4.78, 5) is 28.3. The third-order valence-electron chi connectivity index (χ3n) is 4.82. The lowest BCUT2D eigenvalue weighted by Gasteiger charge is -2.10.